The summed E-state index contributed by atoms with van der Waals surface area (Å²) in [6.07, 6.45) is 1.74. The second kappa shape index (κ2) is 4.11. The maximum Gasteiger partial charge on any atom is 0.169 e. The van der Waals surface area contributed by atoms with Gasteiger partial charge in [0.2, 0.25) is 0 Å². The molecule has 82 valence electrons. The summed E-state index contributed by atoms with van der Waals surface area (Å²) in [6.45, 7) is 3.96. The van der Waals surface area contributed by atoms with Crippen molar-refractivity contribution in [2.45, 2.75) is 19.8 Å². The van der Waals surface area contributed by atoms with Crippen LogP contribution in [0, 0.1) is 17.2 Å². The second-order valence-corrected chi connectivity index (χ2v) is 4.40. The van der Waals surface area contributed by atoms with Crippen LogP contribution in [0.4, 0.5) is 0 Å². The Morgan fingerprint density at radius 2 is 2.25 bits per heavy atom. The van der Waals surface area contributed by atoms with Gasteiger partial charge in [0.1, 0.15) is 5.92 Å². The molecule has 0 saturated carbocycles. The van der Waals surface area contributed by atoms with Crippen molar-refractivity contribution in [1.82, 2.24) is 14.6 Å². The number of halogens is 1. The molecule has 2 rings (SSSR count). The highest BCUT2D eigenvalue weighted by Gasteiger charge is 2.20. The monoisotopic (exact) mass is 234 g/mol. The maximum absolute atomic E-state index is 9.06. The molecule has 0 aromatic carbocycles. The molecule has 0 amide bonds. The van der Waals surface area contributed by atoms with Gasteiger partial charge >= 0.3 is 0 Å². The summed E-state index contributed by atoms with van der Waals surface area (Å²) < 4.78 is 1.63. The van der Waals surface area contributed by atoms with Crippen molar-refractivity contribution in [2.24, 2.45) is 5.92 Å². The first-order valence-corrected chi connectivity index (χ1v) is 5.41. The van der Waals surface area contributed by atoms with Gasteiger partial charge in [0.15, 0.2) is 11.5 Å². The summed E-state index contributed by atoms with van der Waals surface area (Å²) in [7, 11) is 0. The average molecular weight is 235 g/mol. The van der Waals surface area contributed by atoms with E-state index in [2.05, 4.69) is 16.2 Å². The Hall–Kier alpha value is -1.60. The Morgan fingerprint density at radius 1 is 1.50 bits per heavy atom. The van der Waals surface area contributed by atoms with Gasteiger partial charge in [-0.3, -0.25) is 0 Å². The molecule has 2 aromatic heterocycles. The van der Waals surface area contributed by atoms with E-state index in [-0.39, 0.29) is 11.8 Å². The van der Waals surface area contributed by atoms with E-state index >= 15 is 0 Å². The lowest BCUT2D eigenvalue weighted by Gasteiger charge is -2.07. The van der Waals surface area contributed by atoms with Gasteiger partial charge in [0, 0.05) is 17.3 Å². The van der Waals surface area contributed by atoms with E-state index in [1.807, 2.05) is 13.8 Å². The van der Waals surface area contributed by atoms with E-state index in [9.17, 15) is 0 Å². The molecule has 0 N–H and O–H groups in total. The molecule has 0 aliphatic heterocycles. The number of pyridine rings is 1. The van der Waals surface area contributed by atoms with Crippen LogP contribution in [0.2, 0.25) is 5.02 Å². The smallest absolute Gasteiger partial charge is 0.169 e. The number of aromatic nitrogens is 3. The van der Waals surface area contributed by atoms with Gasteiger partial charge in [0.05, 0.1) is 6.07 Å². The van der Waals surface area contributed by atoms with Gasteiger partial charge in [-0.05, 0) is 12.0 Å². The van der Waals surface area contributed by atoms with Crippen LogP contribution in [0.5, 0.6) is 0 Å². The second-order valence-electron chi connectivity index (χ2n) is 3.97. The third-order valence-electron chi connectivity index (χ3n) is 2.40. The maximum atomic E-state index is 9.06. The van der Waals surface area contributed by atoms with E-state index in [1.54, 1.807) is 22.8 Å². The molecule has 2 aromatic rings. The van der Waals surface area contributed by atoms with Gasteiger partial charge in [-0.15, -0.1) is 5.10 Å². The van der Waals surface area contributed by atoms with Crippen LogP contribution in [0.15, 0.2) is 18.3 Å². The van der Waals surface area contributed by atoms with E-state index in [1.165, 1.54) is 0 Å². The first kappa shape index (κ1) is 10.9. The number of fused-ring (bicyclic) bond motifs is 1. The summed E-state index contributed by atoms with van der Waals surface area (Å²) in [5.41, 5.74) is 0.670. The van der Waals surface area contributed by atoms with E-state index in [0.717, 1.165) is 0 Å². The molecular weight excluding hydrogens is 224 g/mol. The fourth-order valence-electron chi connectivity index (χ4n) is 1.51. The topological polar surface area (TPSA) is 54.0 Å². The SMILES string of the molecule is CC(C)C(C#N)c1nc2cc(Cl)ccn2n1. The molecule has 4 nitrogen and oxygen atoms in total. The van der Waals surface area contributed by atoms with Gasteiger partial charge in [-0.25, -0.2) is 9.50 Å². The quantitative estimate of drug-likeness (QED) is 0.803. The highest BCUT2D eigenvalue weighted by Crippen LogP contribution is 2.21. The number of rotatable bonds is 2. The first-order chi connectivity index (χ1) is 7.61. The van der Waals surface area contributed by atoms with Crippen LogP contribution >= 0.6 is 11.6 Å². The third-order valence-corrected chi connectivity index (χ3v) is 2.63. The Kier molecular flexibility index (Phi) is 2.80. The molecule has 0 saturated heterocycles. The Labute approximate surface area is 98.5 Å². The van der Waals surface area contributed by atoms with Gasteiger partial charge in [0.25, 0.3) is 0 Å². The molecule has 0 aliphatic carbocycles. The normalized spacial score (nSPS) is 12.9. The first-order valence-electron chi connectivity index (χ1n) is 5.03. The Balaban J connectivity index is 2.51. The predicted molar refractivity (Wildman–Crippen MR) is 61.2 cm³/mol. The number of hydrogen-bond acceptors (Lipinski definition) is 3. The van der Waals surface area contributed by atoms with Crippen molar-refractivity contribution in [3.05, 3.63) is 29.2 Å². The highest BCUT2D eigenvalue weighted by atomic mass is 35.5. The van der Waals surface area contributed by atoms with Crippen LogP contribution in [-0.4, -0.2) is 14.6 Å². The fourth-order valence-corrected chi connectivity index (χ4v) is 1.66. The van der Waals surface area contributed by atoms with E-state index in [4.69, 9.17) is 16.9 Å². The summed E-state index contributed by atoms with van der Waals surface area (Å²) in [5.74, 6) is 0.469. The molecule has 0 spiro atoms. The zero-order valence-electron chi connectivity index (χ0n) is 9.05. The zero-order chi connectivity index (χ0) is 11.7. The summed E-state index contributed by atoms with van der Waals surface area (Å²) in [4.78, 5) is 4.31. The molecular formula is C11H11ClN4. The molecule has 0 radical (unpaired) electrons. The van der Waals surface area contributed by atoms with E-state index < -0.39 is 0 Å². The average Bonchev–Trinajstić information content (AvgIpc) is 2.60. The Bertz CT molecular complexity index is 553. The van der Waals surface area contributed by atoms with Crippen LogP contribution in [0.3, 0.4) is 0 Å². The molecule has 1 atom stereocenters. The zero-order valence-corrected chi connectivity index (χ0v) is 9.81. The van der Waals surface area contributed by atoms with Crippen molar-refractivity contribution < 1.29 is 0 Å². The molecule has 0 aliphatic rings. The van der Waals surface area contributed by atoms with Gasteiger partial charge in [-0.2, -0.15) is 5.26 Å². The van der Waals surface area contributed by atoms with E-state index in [0.29, 0.717) is 16.5 Å². The lowest BCUT2D eigenvalue weighted by Crippen LogP contribution is -2.06. The van der Waals surface area contributed by atoms with Crippen molar-refractivity contribution in [3.8, 4) is 6.07 Å². The van der Waals surface area contributed by atoms with Gasteiger partial charge < -0.3 is 0 Å². The minimum Gasteiger partial charge on any atom is -0.221 e. The minimum absolute atomic E-state index is 0.192. The standard InChI is InChI=1S/C11H11ClN4/c1-7(2)9(6-13)11-14-10-5-8(12)3-4-16(10)15-11/h3-5,7,9H,1-2H3. The molecule has 1 unspecified atom stereocenters. The van der Waals surface area contributed by atoms with Crippen LogP contribution in [0.25, 0.3) is 5.65 Å². The summed E-state index contributed by atoms with van der Waals surface area (Å²) >= 11 is 5.86. The van der Waals surface area contributed by atoms with Crippen LogP contribution in [-0.2, 0) is 0 Å². The van der Waals surface area contributed by atoms with Gasteiger partial charge in [-0.1, -0.05) is 25.4 Å². The molecule has 0 fully saturated rings. The third kappa shape index (κ3) is 1.86. The minimum atomic E-state index is -0.279. The molecule has 5 heteroatoms. The molecule has 0 bridgehead atoms. The van der Waals surface area contributed by atoms with Crippen LogP contribution < -0.4 is 0 Å². The fraction of sp³-hybridized carbons (Fsp3) is 0.364. The van der Waals surface area contributed by atoms with Crippen molar-refractivity contribution in [1.29, 1.82) is 5.26 Å². The number of nitriles is 1. The van der Waals surface area contributed by atoms with Crippen LogP contribution in [0.1, 0.15) is 25.6 Å². The lowest BCUT2D eigenvalue weighted by molar-refractivity contribution is 0.561. The number of nitrogens with zero attached hydrogens (tertiary/aromatic N) is 4. The number of hydrogen-bond donors (Lipinski definition) is 0. The lowest BCUT2D eigenvalue weighted by atomic mass is 9.97. The summed E-state index contributed by atoms with van der Waals surface area (Å²) in [5, 5.41) is 14.0. The highest BCUT2D eigenvalue weighted by molar-refractivity contribution is 6.30. The van der Waals surface area contributed by atoms with Crippen molar-refractivity contribution in [3.63, 3.8) is 0 Å². The molecule has 16 heavy (non-hydrogen) atoms. The Morgan fingerprint density at radius 3 is 2.88 bits per heavy atom. The summed E-state index contributed by atoms with van der Waals surface area (Å²) in [6, 6.07) is 5.69. The largest absolute Gasteiger partial charge is 0.221 e. The predicted octanol–water partition coefficient (Wildman–Crippen LogP) is 2.65. The van der Waals surface area contributed by atoms with Crippen molar-refractivity contribution >= 4 is 17.2 Å². The molecule has 2 heterocycles. The van der Waals surface area contributed by atoms with Crippen molar-refractivity contribution in [2.75, 3.05) is 0 Å².